The molecule has 124 valence electrons. The maximum atomic E-state index is 5.89. The largest absolute Gasteiger partial charge is 0.489 e. The van der Waals surface area contributed by atoms with Crippen LogP contribution in [-0.4, -0.2) is 27.0 Å². The number of pyridine rings is 2. The smallest absolute Gasteiger partial charge is 0.213 e. The molecule has 0 radical (unpaired) electrons. The van der Waals surface area contributed by atoms with Crippen LogP contribution in [0.4, 0.5) is 0 Å². The molecular weight excluding hydrogens is 436 g/mol. The number of hydrogen-bond donors (Lipinski definition) is 0. The molecule has 2 heterocycles. The topological polar surface area (TPSA) is 44.2 Å². The van der Waals surface area contributed by atoms with Crippen LogP contribution in [0.3, 0.4) is 0 Å². The fraction of sp³-hybridized carbons (Fsp3) is 0.333. The van der Waals surface area contributed by atoms with E-state index in [-0.39, 0.29) is 17.0 Å². The van der Waals surface area contributed by atoms with Gasteiger partial charge in [-0.15, -0.1) is 0 Å². The third kappa shape index (κ3) is 4.96. The monoisotopic (exact) mass is 450 g/mol. The molecule has 1 aliphatic carbocycles. The van der Waals surface area contributed by atoms with Crippen LogP contribution >= 0.6 is 31.9 Å². The molecule has 6 heteroatoms. The Bertz CT molecular complexity index is 730. The van der Waals surface area contributed by atoms with Crippen LogP contribution in [-0.2, 0) is 0 Å². The predicted molar refractivity (Wildman–Crippen MR) is 99.5 cm³/mol. The van der Waals surface area contributed by atoms with Crippen LogP contribution in [0, 0.1) is 11.8 Å². The van der Waals surface area contributed by atoms with E-state index in [1.807, 2.05) is 31.2 Å². The second-order valence-corrected chi connectivity index (χ2v) is 7.82. The van der Waals surface area contributed by atoms with Gasteiger partial charge in [-0.25, -0.2) is 9.97 Å². The number of hydrogen-bond acceptors (Lipinski definition) is 4. The van der Waals surface area contributed by atoms with E-state index in [4.69, 9.17) is 9.47 Å². The van der Waals surface area contributed by atoms with Gasteiger partial charge in [0.2, 0.25) is 5.88 Å². The highest BCUT2D eigenvalue weighted by molar-refractivity contribution is 9.10. The Kier molecular flexibility index (Phi) is 5.75. The molecule has 0 saturated heterocycles. The number of nitrogens with zero attached hydrogens (tertiary/aromatic N) is 2. The molecule has 0 bridgehead atoms. The van der Waals surface area contributed by atoms with Crippen molar-refractivity contribution < 1.29 is 9.47 Å². The zero-order chi connectivity index (χ0) is 16.9. The van der Waals surface area contributed by atoms with Crippen LogP contribution in [0.2, 0.25) is 0 Å². The van der Waals surface area contributed by atoms with E-state index in [1.54, 1.807) is 12.4 Å². The molecule has 0 N–H and O–H groups in total. The molecule has 1 aliphatic rings. The highest BCUT2D eigenvalue weighted by Gasteiger charge is 2.33. The van der Waals surface area contributed by atoms with Gasteiger partial charge in [0.1, 0.15) is 23.7 Å². The van der Waals surface area contributed by atoms with Gasteiger partial charge < -0.3 is 9.47 Å². The summed E-state index contributed by atoms with van der Waals surface area (Å²) in [6, 6.07) is 7.55. The summed E-state index contributed by atoms with van der Waals surface area (Å²) in [5.41, 5.74) is 0.741. The Morgan fingerprint density at radius 2 is 1.88 bits per heavy atom. The van der Waals surface area contributed by atoms with Crippen molar-refractivity contribution in [1.29, 1.82) is 0 Å². The lowest BCUT2D eigenvalue weighted by molar-refractivity contribution is 0.00207. The normalized spacial score (nSPS) is 20.3. The van der Waals surface area contributed by atoms with Gasteiger partial charge in [0.25, 0.3) is 0 Å². The average molecular weight is 452 g/mol. The zero-order valence-electron chi connectivity index (χ0n) is 13.1. The molecular formula is C18H16Br2N2O2. The zero-order valence-corrected chi connectivity index (χ0v) is 16.2. The van der Waals surface area contributed by atoms with Gasteiger partial charge in [0.15, 0.2) is 0 Å². The van der Waals surface area contributed by atoms with Crippen LogP contribution in [0.5, 0.6) is 11.6 Å². The summed E-state index contributed by atoms with van der Waals surface area (Å²) in [6.07, 6.45) is 5.46. The first-order valence-electron chi connectivity index (χ1n) is 7.65. The van der Waals surface area contributed by atoms with Crippen LogP contribution in [0.15, 0.2) is 41.1 Å². The van der Waals surface area contributed by atoms with Crippen LogP contribution < -0.4 is 9.47 Å². The summed E-state index contributed by atoms with van der Waals surface area (Å²) in [5.74, 6) is 7.42. The third-order valence-corrected chi connectivity index (χ3v) is 4.18. The van der Waals surface area contributed by atoms with E-state index < -0.39 is 0 Å². The first-order chi connectivity index (χ1) is 11.6. The van der Waals surface area contributed by atoms with Crippen molar-refractivity contribution in [1.82, 2.24) is 9.97 Å². The summed E-state index contributed by atoms with van der Waals surface area (Å²) in [7, 11) is 0. The fourth-order valence-corrected chi connectivity index (χ4v) is 2.55. The Balaban J connectivity index is 1.45. The van der Waals surface area contributed by atoms with Gasteiger partial charge in [-0.2, -0.15) is 0 Å². The minimum absolute atomic E-state index is 0.155. The first-order valence-corrected chi connectivity index (χ1v) is 9.36. The first kappa shape index (κ1) is 17.2. The number of ether oxygens (including phenoxy) is 2. The maximum absolute atomic E-state index is 5.89. The summed E-state index contributed by atoms with van der Waals surface area (Å²) >= 11 is 6.74. The van der Waals surface area contributed by atoms with Crippen molar-refractivity contribution in [3.63, 3.8) is 0 Å². The molecule has 0 spiro atoms. The molecule has 3 rings (SSSR count). The van der Waals surface area contributed by atoms with Crippen molar-refractivity contribution in [2.45, 2.75) is 36.8 Å². The number of halogens is 2. The van der Waals surface area contributed by atoms with Gasteiger partial charge in [-0.3, -0.25) is 0 Å². The van der Waals surface area contributed by atoms with Crippen molar-refractivity contribution >= 4 is 31.9 Å². The van der Waals surface area contributed by atoms with Crippen LogP contribution in [0.1, 0.15) is 25.5 Å². The van der Waals surface area contributed by atoms with Gasteiger partial charge in [0.05, 0.1) is 11.0 Å². The second kappa shape index (κ2) is 8.00. The molecule has 2 aromatic heterocycles. The highest BCUT2D eigenvalue weighted by atomic mass is 79.9. The number of rotatable bonds is 4. The Hall–Kier alpha value is -1.58. The average Bonchev–Trinajstić information content (AvgIpc) is 2.54. The van der Waals surface area contributed by atoms with E-state index in [0.717, 1.165) is 28.8 Å². The molecule has 4 nitrogen and oxygen atoms in total. The lowest BCUT2D eigenvalue weighted by Crippen LogP contribution is -2.41. The molecule has 1 unspecified atom stereocenters. The minimum atomic E-state index is 0.155. The SMILES string of the molecule is CC(Br)C#Cc1ccc(O[C@H]2C[C@H](Oc3ccc(Br)cn3)C2)cn1. The predicted octanol–water partition coefficient (Wildman–Crippen LogP) is 4.36. The highest BCUT2D eigenvalue weighted by Crippen LogP contribution is 2.29. The lowest BCUT2D eigenvalue weighted by Gasteiger charge is -2.34. The summed E-state index contributed by atoms with van der Waals surface area (Å²) in [6.45, 7) is 1.98. The molecule has 0 aromatic carbocycles. The quantitative estimate of drug-likeness (QED) is 0.511. The van der Waals surface area contributed by atoms with Gasteiger partial charge in [-0.1, -0.05) is 21.9 Å². The summed E-state index contributed by atoms with van der Waals surface area (Å²) < 4.78 is 12.6. The van der Waals surface area contributed by atoms with E-state index in [0.29, 0.717) is 5.88 Å². The minimum Gasteiger partial charge on any atom is -0.489 e. The Morgan fingerprint density at radius 1 is 1.08 bits per heavy atom. The molecule has 1 atom stereocenters. The molecule has 1 saturated carbocycles. The summed E-state index contributed by atoms with van der Waals surface area (Å²) in [5, 5.41) is 0. The van der Waals surface area contributed by atoms with Gasteiger partial charge in [0, 0.05) is 29.6 Å². The van der Waals surface area contributed by atoms with E-state index in [1.165, 1.54) is 0 Å². The van der Waals surface area contributed by atoms with Crippen molar-refractivity contribution in [2.75, 3.05) is 0 Å². The van der Waals surface area contributed by atoms with E-state index in [9.17, 15) is 0 Å². The Labute approximate surface area is 158 Å². The van der Waals surface area contributed by atoms with Crippen molar-refractivity contribution in [3.8, 4) is 23.5 Å². The molecule has 24 heavy (non-hydrogen) atoms. The standard InChI is InChI=1S/C18H16Br2N2O2/c1-12(19)2-4-14-5-6-15(11-21-14)23-16-8-17(9-16)24-18-7-3-13(20)10-22-18/h3,5-7,10-12,16-17H,8-9H2,1H3/t12?,16-,17-. The van der Waals surface area contributed by atoms with Gasteiger partial charge >= 0.3 is 0 Å². The molecule has 0 aliphatic heterocycles. The van der Waals surface area contributed by atoms with E-state index >= 15 is 0 Å². The second-order valence-electron chi connectivity index (χ2n) is 5.53. The molecule has 1 fully saturated rings. The maximum Gasteiger partial charge on any atom is 0.213 e. The lowest BCUT2D eigenvalue weighted by atomic mass is 9.92. The number of alkyl halides is 1. The van der Waals surface area contributed by atoms with Crippen molar-refractivity contribution in [3.05, 3.63) is 46.8 Å². The number of aromatic nitrogens is 2. The third-order valence-electron chi connectivity index (χ3n) is 3.48. The molecule has 2 aromatic rings. The van der Waals surface area contributed by atoms with Crippen LogP contribution in [0.25, 0.3) is 0 Å². The fourth-order valence-electron chi connectivity index (χ4n) is 2.20. The summed E-state index contributed by atoms with van der Waals surface area (Å²) in [4.78, 5) is 8.66. The van der Waals surface area contributed by atoms with Crippen molar-refractivity contribution in [2.24, 2.45) is 0 Å². The van der Waals surface area contributed by atoms with E-state index in [2.05, 4.69) is 53.7 Å². The van der Waals surface area contributed by atoms with Gasteiger partial charge in [-0.05, 0) is 47.0 Å². The molecule has 0 amide bonds. The Morgan fingerprint density at radius 3 is 2.50 bits per heavy atom.